The summed E-state index contributed by atoms with van der Waals surface area (Å²) in [4.78, 5) is 0. The molecule has 0 bridgehead atoms. The lowest BCUT2D eigenvalue weighted by Gasteiger charge is -2.21. The highest BCUT2D eigenvalue weighted by atomic mass is 35.5. The Morgan fingerprint density at radius 1 is 1.55 bits per heavy atom. The van der Waals surface area contributed by atoms with E-state index in [0.717, 1.165) is 0 Å². The second-order valence-corrected chi connectivity index (χ2v) is 6.43. The SMILES string of the molecule is CCS(=O)(=O)C(Cl)(Cl)[C@H](C)O. The average molecular weight is 221 g/mol. The number of sulfone groups is 1. The minimum atomic E-state index is -3.62. The summed E-state index contributed by atoms with van der Waals surface area (Å²) in [6.07, 6.45) is -1.30. The minimum absolute atomic E-state index is 0.190. The molecule has 0 spiro atoms. The molecule has 3 nitrogen and oxygen atoms in total. The van der Waals surface area contributed by atoms with E-state index in [-0.39, 0.29) is 5.75 Å². The van der Waals surface area contributed by atoms with Crippen LogP contribution in [-0.2, 0) is 9.84 Å². The maximum atomic E-state index is 11.0. The summed E-state index contributed by atoms with van der Waals surface area (Å²) >= 11 is 10.8. The second-order valence-electron chi connectivity index (χ2n) is 2.14. The van der Waals surface area contributed by atoms with Gasteiger partial charge in [0.15, 0.2) is 9.84 Å². The van der Waals surface area contributed by atoms with Crippen molar-refractivity contribution in [1.29, 1.82) is 0 Å². The molecular formula is C5H10Cl2O3S. The van der Waals surface area contributed by atoms with Crippen LogP contribution in [0.2, 0.25) is 0 Å². The molecule has 0 heterocycles. The molecule has 0 amide bonds. The van der Waals surface area contributed by atoms with Gasteiger partial charge in [0, 0.05) is 0 Å². The predicted octanol–water partition coefficient (Wildman–Crippen LogP) is 0.933. The van der Waals surface area contributed by atoms with Crippen LogP contribution in [0, 0.1) is 0 Å². The Bertz CT molecular complexity index is 220. The van der Waals surface area contributed by atoms with Crippen molar-refractivity contribution in [2.45, 2.75) is 23.6 Å². The molecule has 0 aliphatic rings. The lowest BCUT2D eigenvalue weighted by molar-refractivity contribution is 0.198. The van der Waals surface area contributed by atoms with Crippen LogP contribution in [-0.4, -0.2) is 29.0 Å². The summed E-state index contributed by atoms with van der Waals surface area (Å²) in [5, 5.41) is 8.90. The molecule has 1 atom stereocenters. The molecule has 0 aromatic carbocycles. The molecule has 0 saturated heterocycles. The first-order chi connectivity index (χ1) is 4.75. The lowest BCUT2D eigenvalue weighted by atomic mass is 10.5. The van der Waals surface area contributed by atoms with Crippen LogP contribution in [0.15, 0.2) is 0 Å². The molecule has 0 rings (SSSR count). The van der Waals surface area contributed by atoms with E-state index in [0.29, 0.717) is 0 Å². The van der Waals surface area contributed by atoms with Crippen LogP contribution in [0.5, 0.6) is 0 Å². The van der Waals surface area contributed by atoms with Crippen molar-refractivity contribution in [3.63, 3.8) is 0 Å². The fourth-order valence-electron chi connectivity index (χ4n) is 0.452. The van der Waals surface area contributed by atoms with Gasteiger partial charge >= 0.3 is 0 Å². The fraction of sp³-hybridized carbons (Fsp3) is 1.00. The first-order valence-corrected chi connectivity index (χ1v) is 5.44. The van der Waals surface area contributed by atoms with Gasteiger partial charge in [-0.25, -0.2) is 8.42 Å². The summed E-state index contributed by atoms with van der Waals surface area (Å²) in [5.41, 5.74) is 0. The van der Waals surface area contributed by atoms with Crippen molar-refractivity contribution in [2.75, 3.05) is 5.75 Å². The number of halogens is 2. The number of rotatable bonds is 3. The van der Waals surface area contributed by atoms with Gasteiger partial charge in [-0.1, -0.05) is 30.1 Å². The molecule has 1 N–H and O–H groups in total. The molecule has 0 radical (unpaired) electrons. The van der Waals surface area contributed by atoms with Crippen molar-refractivity contribution < 1.29 is 13.5 Å². The highest BCUT2D eigenvalue weighted by Gasteiger charge is 2.43. The van der Waals surface area contributed by atoms with Crippen LogP contribution < -0.4 is 0 Å². The van der Waals surface area contributed by atoms with Gasteiger partial charge in [0.2, 0.25) is 3.67 Å². The number of hydrogen-bond acceptors (Lipinski definition) is 3. The first kappa shape index (κ1) is 11.5. The first-order valence-electron chi connectivity index (χ1n) is 3.04. The van der Waals surface area contributed by atoms with E-state index in [2.05, 4.69) is 0 Å². The van der Waals surface area contributed by atoms with Crippen molar-refractivity contribution in [3.8, 4) is 0 Å². The van der Waals surface area contributed by atoms with E-state index in [9.17, 15) is 8.42 Å². The van der Waals surface area contributed by atoms with Gasteiger partial charge in [0.1, 0.15) is 0 Å². The molecule has 68 valence electrons. The topological polar surface area (TPSA) is 54.4 Å². The third-order valence-corrected chi connectivity index (χ3v) is 5.25. The Morgan fingerprint density at radius 2 is 1.91 bits per heavy atom. The smallest absolute Gasteiger partial charge is 0.243 e. The number of hydrogen-bond donors (Lipinski definition) is 1. The molecular weight excluding hydrogens is 211 g/mol. The van der Waals surface area contributed by atoms with Crippen molar-refractivity contribution in [3.05, 3.63) is 0 Å². The zero-order valence-corrected chi connectivity index (χ0v) is 8.54. The Kier molecular flexibility index (Phi) is 3.63. The molecule has 0 fully saturated rings. The molecule has 0 aromatic heterocycles. The van der Waals surface area contributed by atoms with E-state index in [4.69, 9.17) is 28.3 Å². The van der Waals surface area contributed by atoms with E-state index < -0.39 is 19.6 Å². The zero-order chi connectivity index (χ0) is 9.28. The number of aliphatic hydroxyl groups excluding tert-OH is 1. The highest BCUT2D eigenvalue weighted by Crippen LogP contribution is 2.32. The Labute approximate surface area is 76.2 Å². The zero-order valence-electron chi connectivity index (χ0n) is 6.21. The van der Waals surface area contributed by atoms with Crippen molar-refractivity contribution in [2.24, 2.45) is 0 Å². The summed E-state index contributed by atoms with van der Waals surface area (Å²) in [5.74, 6) is -0.190. The summed E-state index contributed by atoms with van der Waals surface area (Å²) in [6, 6.07) is 0. The number of alkyl halides is 2. The summed E-state index contributed by atoms with van der Waals surface area (Å²) < 4.78 is 20.0. The minimum Gasteiger partial charge on any atom is -0.389 e. The third kappa shape index (κ3) is 2.21. The van der Waals surface area contributed by atoms with E-state index in [1.54, 1.807) is 0 Å². The monoisotopic (exact) mass is 220 g/mol. The Morgan fingerprint density at radius 3 is 2.00 bits per heavy atom. The lowest BCUT2D eigenvalue weighted by Crippen LogP contribution is -2.38. The van der Waals surface area contributed by atoms with Gasteiger partial charge in [-0.3, -0.25) is 0 Å². The molecule has 0 aromatic rings. The second kappa shape index (κ2) is 3.47. The van der Waals surface area contributed by atoms with Gasteiger partial charge in [-0.2, -0.15) is 0 Å². The molecule has 0 aliphatic carbocycles. The van der Waals surface area contributed by atoms with Crippen molar-refractivity contribution in [1.82, 2.24) is 0 Å². The third-order valence-electron chi connectivity index (χ3n) is 1.28. The molecule has 0 unspecified atom stereocenters. The average Bonchev–Trinajstić information content (AvgIpc) is 1.87. The van der Waals surface area contributed by atoms with Gasteiger partial charge in [0.05, 0.1) is 11.9 Å². The van der Waals surface area contributed by atoms with E-state index >= 15 is 0 Å². The summed E-state index contributed by atoms with van der Waals surface area (Å²) in [7, 11) is -3.62. The van der Waals surface area contributed by atoms with Gasteiger partial charge in [-0.05, 0) is 6.92 Å². The van der Waals surface area contributed by atoms with Crippen LogP contribution in [0.3, 0.4) is 0 Å². The van der Waals surface area contributed by atoms with Gasteiger partial charge in [-0.15, -0.1) is 0 Å². The standard InChI is InChI=1S/C5H10Cl2O3S/c1-3-11(9,10)5(6,7)4(2)8/h4,8H,3H2,1-2H3/t4-/m0/s1. The fourth-order valence-corrected chi connectivity index (χ4v) is 2.01. The Hall–Kier alpha value is 0.490. The largest absolute Gasteiger partial charge is 0.389 e. The van der Waals surface area contributed by atoms with Gasteiger partial charge in [0.25, 0.3) is 0 Å². The van der Waals surface area contributed by atoms with Crippen molar-refractivity contribution >= 4 is 33.0 Å². The van der Waals surface area contributed by atoms with Crippen LogP contribution in [0.4, 0.5) is 0 Å². The molecule has 6 heteroatoms. The van der Waals surface area contributed by atoms with E-state index in [1.165, 1.54) is 13.8 Å². The number of aliphatic hydroxyl groups is 1. The van der Waals surface area contributed by atoms with Crippen LogP contribution >= 0.6 is 23.2 Å². The Balaban J connectivity index is 4.85. The molecule has 0 saturated carbocycles. The van der Waals surface area contributed by atoms with Crippen LogP contribution in [0.1, 0.15) is 13.8 Å². The predicted molar refractivity (Wildman–Crippen MR) is 45.6 cm³/mol. The highest BCUT2D eigenvalue weighted by molar-refractivity contribution is 7.95. The quantitative estimate of drug-likeness (QED) is 0.721. The maximum absolute atomic E-state index is 11.0. The summed E-state index contributed by atoms with van der Waals surface area (Å²) in [6.45, 7) is 2.64. The van der Waals surface area contributed by atoms with Gasteiger partial charge < -0.3 is 5.11 Å². The molecule has 11 heavy (non-hydrogen) atoms. The van der Waals surface area contributed by atoms with Crippen LogP contribution in [0.25, 0.3) is 0 Å². The normalized spacial score (nSPS) is 16.5. The maximum Gasteiger partial charge on any atom is 0.243 e. The van der Waals surface area contributed by atoms with E-state index in [1.807, 2.05) is 0 Å². The molecule has 0 aliphatic heterocycles.